The molecule has 4 aromatic rings. The van der Waals surface area contributed by atoms with E-state index in [1.165, 1.54) is 0 Å². The van der Waals surface area contributed by atoms with Crippen LogP contribution < -0.4 is 11.1 Å². The molecule has 0 radical (unpaired) electrons. The van der Waals surface area contributed by atoms with E-state index in [1.54, 1.807) is 0 Å². The maximum Gasteiger partial charge on any atom is 0.223 e. The van der Waals surface area contributed by atoms with Gasteiger partial charge in [-0.1, -0.05) is 6.92 Å². The maximum atomic E-state index is 6.11. The van der Waals surface area contributed by atoms with Crippen LogP contribution in [0, 0.1) is 0 Å². The summed E-state index contributed by atoms with van der Waals surface area (Å²) in [6.45, 7) is 6.70. The minimum Gasteiger partial charge on any atom is -0.357 e. The molecule has 0 aliphatic rings. The van der Waals surface area contributed by atoms with Crippen LogP contribution in [-0.2, 0) is 13.0 Å². The number of aromatic nitrogens is 6. The van der Waals surface area contributed by atoms with Crippen molar-refractivity contribution < 1.29 is 0 Å². The zero-order chi connectivity index (χ0) is 20.6. The summed E-state index contributed by atoms with van der Waals surface area (Å²) in [6, 6.07) is 4.15. The predicted octanol–water partition coefficient (Wildman–Crippen LogP) is 3.22. The van der Waals surface area contributed by atoms with Crippen LogP contribution in [0.5, 0.6) is 0 Å². The summed E-state index contributed by atoms with van der Waals surface area (Å²) in [5, 5.41) is 8.50. The summed E-state index contributed by atoms with van der Waals surface area (Å²) in [5.74, 6) is 0.614. The molecule has 150 valence electrons. The van der Waals surface area contributed by atoms with Crippen LogP contribution in [0.1, 0.15) is 26.5 Å². The number of nitrogens with two attached hydrogens (primary N) is 1. The highest BCUT2D eigenvalue weighted by atomic mass is 15.3. The molecule has 0 bridgehead atoms. The van der Waals surface area contributed by atoms with E-state index in [9.17, 15) is 0 Å². The number of nitrogens with one attached hydrogen (secondary N) is 2. The SMILES string of the molecule is CCc1cc(-c2c[nH]c3ncc(-c4cnn(CC(C)(C)N)c4)cc23)nc(NC)n1. The topological polar surface area (TPSA) is 110 Å². The lowest BCUT2D eigenvalue weighted by molar-refractivity contribution is 0.408. The van der Waals surface area contributed by atoms with E-state index >= 15 is 0 Å². The minimum atomic E-state index is -0.325. The van der Waals surface area contributed by atoms with Gasteiger partial charge in [-0.25, -0.2) is 15.0 Å². The van der Waals surface area contributed by atoms with E-state index in [1.807, 2.05) is 56.4 Å². The number of aryl methyl sites for hydroxylation is 1. The summed E-state index contributed by atoms with van der Waals surface area (Å²) in [4.78, 5) is 17.0. The van der Waals surface area contributed by atoms with Crippen molar-refractivity contribution >= 4 is 17.0 Å². The molecule has 0 aromatic carbocycles. The van der Waals surface area contributed by atoms with E-state index in [0.717, 1.165) is 45.5 Å². The molecule has 4 aromatic heterocycles. The fraction of sp³-hybridized carbons (Fsp3) is 0.333. The van der Waals surface area contributed by atoms with Crippen LogP contribution in [0.15, 0.2) is 36.9 Å². The molecule has 0 atom stereocenters. The molecule has 0 aliphatic heterocycles. The molecule has 8 nitrogen and oxygen atoms in total. The number of rotatable bonds is 6. The van der Waals surface area contributed by atoms with Crippen molar-refractivity contribution in [2.75, 3.05) is 12.4 Å². The number of hydrogen-bond donors (Lipinski definition) is 3. The van der Waals surface area contributed by atoms with Crippen LogP contribution >= 0.6 is 0 Å². The molecule has 0 saturated carbocycles. The van der Waals surface area contributed by atoms with Gasteiger partial charge in [0, 0.05) is 58.9 Å². The van der Waals surface area contributed by atoms with E-state index in [0.29, 0.717) is 12.5 Å². The summed E-state index contributed by atoms with van der Waals surface area (Å²) < 4.78 is 1.87. The number of anilines is 1. The Morgan fingerprint density at radius 3 is 2.72 bits per heavy atom. The molecule has 4 N–H and O–H groups in total. The van der Waals surface area contributed by atoms with Crippen LogP contribution in [0.25, 0.3) is 33.4 Å². The number of aromatic amines is 1. The zero-order valence-corrected chi connectivity index (χ0v) is 17.2. The number of H-pyrrole nitrogens is 1. The van der Waals surface area contributed by atoms with E-state index in [-0.39, 0.29) is 5.54 Å². The van der Waals surface area contributed by atoms with Gasteiger partial charge in [-0.2, -0.15) is 5.10 Å². The van der Waals surface area contributed by atoms with Crippen LogP contribution in [0.3, 0.4) is 0 Å². The summed E-state index contributed by atoms with van der Waals surface area (Å²) in [5.41, 5.74) is 11.5. The van der Waals surface area contributed by atoms with Crippen molar-refractivity contribution in [1.82, 2.24) is 29.7 Å². The smallest absolute Gasteiger partial charge is 0.223 e. The van der Waals surface area contributed by atoms with Gasteiger partial charge in [-0.3, -0.25) is 4.68 Å². The molecule has 0 aliphatic carbocycles. The molecule has 0 amide bonds. The Hall–Kier alpha value is -3.26. The molecule has 8 heteroatoms. The third-order valence-electron chi connectivity index (χ3n) is 4.71. The third-order valence-corrected chi connectivity index (χ3v) is 4.71. The van der Waals surface area contributed by atoms with Crippen LogP contribution in [-0.4, -0.2) is 42.3 Å². The van der Waals surface area contributed by atoms with Gasteiger partial charge in [-0.05, 0) is 32.4 Å². The van der Waals surface area contributed by atoms with Crippen LogP contribution in [0.4, 0.5) is 5.95 Å². The first-order chi connectivity index (χ1) is 13.9. The van der Waals surface area contributed by atoms with Gasteiger partial charge in [0.2, 0.25) is 5.95 Å². The number of fused-ring (bicyclic) bond motifs is 1. The molecule has 0 spiro atoms. The van der Waals surface area contributed by atoms with E-state index in [2.05, 4.69) is 43.3 Å². The minimum absolute atomic E-state index is 0.325. The third kappa shape index (κ3) is 3.97. The first-order valence-corrected chi connectivity index (χ1v) is 9.71. The standard InChI is InChI=1S/C21H26N8/c1-5-15-7-18(28-20(23-4)27-15)17-10-25-19-16(17)6-13(8-24-19)14-9-26-29(11-14)12-21(2,3)22/h6-11H,5,12,22H2,1-4H3,(H,24,25)(H,23,27,28). The Morgan fingerprint density at radius 1 is 1.17 bits per heavy atom. The number of hydrogen-bond acceptors (Lipinski definition) is 6. The second-order valence-corrected chi connectivity index (χ2v) is 7.91. The molecule has 29 heavy (non-hydrogen) atoms. The maximum absolute atomic E-state index is 6.11. The highest BCUT2D eigenvalue weighted by Crippen LogP contribution is 2.30. The monoisotopic (exact) mass is 390 g/mol. The average Bonchev–Trinajstić information content (AvgIpc) is 3.32. The molecular weight excluding hydrogens is 364 g/mol. The lowest BCUT2D eigenvalue weighted by Gasteiger charge is -2.17. The summed E-state index contributed by atoms with van der Waals surface area (Å²) in [7, 11) is 1.83. The number of pyridine rings is 1. The first-order valence-electron chi connectivity index (χ1n) is 9.71. The van der Waals surface area contributed by atoms with Gasteiger partial charge in [0.05, 0.1) is 18.4 Å². The molecule has 4 rings (SSSR count). The van der Waals surface area contributed by atoms with Gasteiger partial charge >= 0.3 is 0 Å². The summed E-state index contributed by atoms with van der Waals surface area (Å²) in [6.07, 6.45) is 8.49. The molecule has 0 unspecified atom stereocenters. The van der Waals surface area contributed by atoms with Crippen molar-refractivity contribution in [3.63, 3.8) is 0 Å². The predicted molar refractivity (Wildman–Crippen MR) is 116 cm³/mol. The Bertz CT molecular complexity index is 1130. The van der Waals surface area contributed by atoms with Crippen molar-refractivity contribution in [3.8, 4) is 22.4 Å². The van der Waals surface area contributed by atoms with Gasteiger partial charge < -0.3 is 16.0 Å². The lowest BCUT2D eigenvalue weighted by Crippen LogP contribution is -2.37. The number of nitrogens with zero attached hydrogens (tertiary/aromatic N) is 5. The van der Waals surface area contributed by atoms with E-state index < -0.39 is 0 Å². The van der Waals surface area contributed by atoms with Crippen molar-refractivity contribution in [3.05, 3.63) is 42.6 Å². The van der Waals surface area contributed by atoms with Crippen molar-refractivity contribution in [2.24, 2.45) is 5.73 Å². The van der Waals surface area contributed by atoms with Crippen molar-refractivity contribution in [1.29, 1.82) is 0 Å². The van der Waals surface area contributed by atoms with E-state index in [4.69, 9.17) is 5.73 Å². The normalized spacial score (nSPS) is 11.9. The van der Waals surface area contributed by atoms with Crippen LogP contribution in [0.2, 0.25) is 0 Å². The Balaban J connectivity index is 1.76. The molecule has 4 heterocycles. The van der Waals surface area contributed by atoms with Gasteiger partial charge in [0.1, 0.15) is 5.65 Å². The zero-order valence-electron chi connectivity index (χ0n) is 17.2. The largest absolute Gasteiger partial charge is 0.357 e. The molecular formula is C21H26N8. The lowest BCUT2D eigenvalue weighted by atomic mass is 10.1. The first kappa shape index (κ1) is 19.1. The fourth-order valence-corrected chi connectivity index (χ4v) is 3.32. The van der Waals surface area contributed by atoms with Gasteiger partial charge in [0.25, 0.3) is 0 Å². The van der Waals surface area contributed by atoms with Gasteiger partial charge in [0.15, 0.2) is 0 Å². The average molecular weight is 390 g/mol. The highest BCUT2D eigenvalue weighted by molar-refractivity contribution is 5.95. The molecule has 0 fully saturated rings. The fourth-order valence-electron chi connectivity index (χ4n) is 3.32. The Kier molecular flexibility index (Phi) is 4.79. The second-order valence-electron chi connectivity index (χ2n) is 7.91. The van der Waals surface area contributed by atoms with Crippen molar-refractivity contribution in [2.45, 2.75) is 39.3 Å². The Labute approximate surface area is 169 Å². The highest BCUT2D eigenvalue weighted by Gasteiger charge is 2.15. The summed E-state index contributed by atoms with van der Waals surface area (Å²) >= 11 is 0. The second kappa shape index (κ2) is 7.29. The molecule has 0 saturated heterocycles. The van der Waals surface area contributed by atoms with Gasteiger partial charge in [-0.15, -0.1) is 0 Å². The Morgan fingerprint density at radius 2 is 2.00 bits per heavy atom. The quantitative estimate of drug-likeness (QED) is 0.466.